The number of aliphatic hydroxyl groups excluding tert-OH is 1. The van der Waals surface area contributed by atoms with Crippen molar-refractivity contribution >= 4 is 6.03 Å². The van der Waals surface area contributed by atoms with Gasteiger partial charge in [-0.2, -0.15) is 0 Å². The fourth-order valence-corrected chi connectivity index (χ4v) is 1.81. The van der Waals surface area contributed by atoms with Crippen LogP contribution in [0.4, 0.5) is 4.79 Å². The second-order valence-electron chi connectivity index (χ2n) is 4.40. The molecule has 0 saturated carbocycles. The second kappa shape index (κ2) is 4.81. The molecule has 0 aliphatic carbocycles. The summed E-state index contributed by atoms with van der Waals surface area (Å²) in [5.74, 6) is 0. The van der Waals surface area contributed by atoms with Crippen LogP contribution in [0.1, 0.15) is 20.8 Å². The van der Waals surface area contributed by atoms with Gasteiger partial charge in [-0.25, -0.2) is 4.79 Å². The van der Waals surface area contributed by atoms with Crippen LogP contribution < -0.4 is 5.32 Å². The van der Waals surface area contributed by atoms with Gasteiger partial charge in [-0.3, -0.25) is 0 Å². The van der Waals surface area contributed by atoms with E-state index >= 15 is 0 Å². The third-order valence-corrected chi connectivity index (χ3v) is 2.30. The molecule has 88 valence electrons. The van der Waals surface area contributed by atoms with Crippen molar-refractivity contribution in [3.63, 3.8) is 0 Å². The first-order chi connectivity index (χ1) is 6.98. The van der Waals surface area contributed by atoms with E-state index in [9.17, 15) is 4.79 Å². The maximum atomic E-state index is 11.6. The van der Waals surface area contributed by atoms with Crippen molar-refractivity contribution in [1.82, 2.24) is 10.2 Å². The average Bonchev–Trinajstić information content (AvgIpc) is 2.15. The second-order valence-corrected chi connectivity index (χ2v) is 4.40. The monoisotopic (exact) mass is 216 g/mol. The topological polar surface area (TPSA) is 61.8 Å². The van der Waals surface area contributed by atoms with Gasteiger partial charge in [-0.15, -0.1) is 0 Å². The quantitative estimate of drug-likeness (QED) is 0.692. The van der Waals surface area contributed by atoms with Gasteiger partial charge in [0.15, 0.2) is 0 Å². The molecule has 1 atom stereocenters. The Bertz CT molecular complexity index is 231. The van der Waals surface area contributed by atoms with Crippen molar-refractivity contribution in [3.05, 3.63) is 0 Å². The van der Waals surface area contributed by atoms with Crippen LogP contribution in [0.2, 0.25) is 0 Å². The summed E-state index contributed by atoms with van der Waals surface area (Å²) in [7, 11) is 0. The summed E-state index contributed by atoms with van der Waals surface area (Å²) >= 11 is 0. The number of carbonyl (C=O) groups is 1. The maximum absolute atomic E-state index is 11.6. The molecular formula is C10H20N2O3. The number of nitrogens with zero attached hydrogens (tertiary/aromatic N) is 1. The zero-order chi connectivity index (χ0) is 11.5. The molecule has 0 aromatic carbocycles. The molecule has 1 fully saturated rings. The minimum atomic E-state index is -0.392. The molecule has 0 bridgehead atoms. The van der Waals surface area contributed by atoms with E-state index in [2.05, 4.69) is 5.32 Å². The highest BCUT2D eigenvalue weighted by molar-refractivity contribution is 5.74. The van der Waals surface area contributed by atoms with Crippen LogP contribution >= 0.6 is 0 Å². The SMILES string of the molecule is CCNC(=O)N1CC(CO)OC(C)(C)C1. The van der Waals surface area contributed by atoms with Gasteiger partial charge in [0, 0.05) is 6.54 Å². The number of morpholine rings is 1. The van der Waals surface area contributed by atoms with Crippen molar-refractivity contribution in [3.8, 4) is 0 Å². The Balaban J connectivity index is 2.61. The molecule has 0 radical (unpaired) electrons. The van der Waals surface area contributed by atoms with E-state index in [0.717, 1.165) is 0 Å². The van der Waals surface area contributed by atoms with Crippen molar-refractivity contribution in [2.24, 2.45) is 0 Å². The van der Waals surface area contributed by atoms with Crippen molar-refractivity contribution in [1.29, 1.82) is 0 Å². The lowest BCUT2D eigenvalue weighted by atomic mass is 10.1. The summed E-state index contributed by atoms with van der Waals surface area (Å²) in [4.78, 5) is 13.3. The summed E-state index contributed by atoms with van der Waals surface area (Å²) in [6.45, 7) is 7.27. The Morgan fingerprint density at radius 1 is 1.67 bits per heavy atom. The minimum absolute atomic E-state index is 0.0562. The highest BCUT2D eigenvalue weighted by atomic mass is 16.5. The maximum Gasteiger partial charge on any atom is 0.317 e. The Labute approximate surface area is 90.4 Å². The molecule has 15 heavy (non-hydrogen) atoms. The van der Waals surface area contributed by atoms with Crippen LogP contribution in [0, 0.1) is 0 Å². The van der Waals surface area contributed by atoms with Crippen molar-refractivity contribution in [2.45, 2.75) is 32.5 Å². The van der Waals surface area contributed by atoms with Crippen LogP contribution in [0.3, 0.4) is 0 Å². The van der Waals surface area contributed by atoms with Gasteiger partial charge >= 0.3 is 6.03 Å². The molecule has 1 aliphatic heterocycles. The van der Waals surface area contributed by atoms with E-state index in [4.69, 9.17) is 9.84 Å². The number of carbonyl (C=O) groups excluding carboxylic acids is 1. The number of rotatable bonds is 2. The van der Waals surface area contributed by atoms with Gasteiger partial charge in [0.25, 0.3) is 0 Å². The third-order valence-electron chi connectivity index (χ3n) is 2.30. The summed E-state index contributed by atoms with van der Waals surface area (Å²) < 4.78 is 5.61. The number of hydrogen-bond acceptors (Lipinski definition) is 3. The highest BCUT2D eigenvalue weighted by Crippen LogP contribution is 2.20. The molecule has 1 saturated heterocycles. The predicted octanol–water partition coefficient (Wildman–Crippen LogP) is 0.188. The lowest BCUT2D eigenvalue weighted by Crippen LogP contribution is -2.57. The Kier molecular flexibility index (Phi) is 3.93. The van der Waals surface area contributed by atoms with E-state index in [1.165, 1.54) is 0 Å². The third kappa shape index (κ3) is 3.35. The molecule has 5 nitrogen and oxygen atoms in total. The fraction of sp³-hybridized carbons (Fsp3) is 0.900. The molecule has 1 unspecified atom stereocenters. The molecule has 1 rings (SSSR count). The van der Waals surface area contributed by atoms with Gasteiger partial charge in [0.2, 0.25) is 0 Å². The van der Waals surface area contributed by atoms with E-state index in [1.54, 1.807) is 4.90 Å². The standard InChI is InChI=1S/C10H20N2O3/c1-4-11-9(14)12-5-8(6-13)15-10(2,3)7-12/h8,13H,4-7H2,1-3H3,(H,11,14). The predicted molar refractivity (Wildman–Crippen MR) is 56.7 cm³/mol. The van der Waals surface area contributed by atoms with Crippen LogP contribution in [0.15, 0.2) is 0 Å². The minimum Gasteiger partial charge on any atom is -0.394 e. The molecule has 5 heteroatoms. The number of amides is 2. The summed E-state index contributed by atoms with van der Waals surface area (Å²) in [5.41, 5.74) is -0.392. The number of aliphatic hydroxyl groups is 1. The molecule has 1 heterocycles. The van der Waals surface area contributed by atoms with Crippen LogP contribution in [-0.2, 0) is 4.74 Å². The normalized spacial score (nSPS) is 25.1. The zero-order valence-corrected chi connectivity index (χ0v) is 9.62. The summed E-state index contributed by atoms with van der Waals surface area (Å²) in [6.07, 6.45) is -0.281. The van der Waals surface area contributed by atoms with E-state index < -0.39 is 5.60 Å². The average molecular weight is 216 g/mol. The molecule has 2 amide bonds. The van der Waals surface area contributed by atoms with Gasteiger partial charge in [0.05, 0.1) is 31.4 Å². The van der Waals surface area contributed by atoms with E-state index in [-0.39, 0.29) is 18.7 Å². The van der Waals surface area contributed by atoms with E-state index in [1.807, 2.05) is 20.8 Å². The fourth-order valence-electron chi connectivity index (χ4n) is 1.81. The summed E-state index contributed by atoms with van der Waals surface area (Å²) in [6, 6.07) is -0.0904. The largest absolute Gasteiger partial charge is 0.394 e. The number of hydrogen-bond donors (Lipinski definition) is 2. The number of urea groups is 1. The molecular weight excluding hydrogens is 196 g/mol. The first-order valence-electron chi connectivity index (χ1n) is 5.30. The van der Waals surface area contributed by atoms with Crippen LogP contribution in [-0.4, -0.2) is 54.0 Å². The first kappa shape index (κ1) is 12.3. The Morgan fingerprint density at radius 2 is 2.33 bits per heavy atom. The van der Waals surface area contributed by atoms with Crippen LogP contribution in [0.5, 0.6) is 0 Å². The molecule has 0 aromatic heterocycles. The van der Waals surface area contributed by atoms with Gasteiger partial charge in [-0.1, -0.05) is 0 Å². The van der Waals surface area contributed by atoms with Gasteiger partial charge < -0.3 is 20.1 Å². The lowest BCUT2D eigenvalue weighted by Gasteiger charge is -2.42. The van der Waals surface area contributed by atoms with Crippen molar-refractivity contribution in [2.75, 3.05) is 26.2 Å². The van der Waals surface area contributed by atoms with E-state index in [0.29, 0.717) is 19.6 Å². The molecule has 1 aliphatic rings. The van der Waals surface area contributed by atoms with Crippen molar-refractivity contribution < 1.29 is 14.6 Å². The summed E-state index contributed by atoms with van der Waals surface area (Å²) in [5, 5.41) is 11.8. The molecule has 2 N–H and O–H groups in total. The highest BCUT2D eigenvalue weighted by Gasteiger charge is 2.35. The first-order valence-corrected chi connectivity index (χ1v) is 5.30. The lowest BCUT2D eigenvalue weighted by molar-refractivity contribution is -0.138. The van der Waals surface area contributed by atoms with Crippen LogP contribution in [0.25, 0.3) is 0 Å². The Hall–Kier alpha value is -0.810. The van der Waals surface area contributed by atoms with Gasteiger partial charge in [-0.05, 0) is 20.8 Å². The number of ether oxygens (including phenoxy) is 1. The zero-order valence-electron chi connectivity index (χ0n) is 9.62. The molecule has 0 spiro atoms. The molecule has 0 aromatic rings. The number of nitrogens with one attached hydrogen (secondary N) is 1. The Morgan fingerprint density at radius 3 is 2.87 bits per heavy atom. The smallest absolute Gasteiger partial charge is 0.317 e. The van der Waals surface area contributed by atoms with Gasteiger partial charge in [0.1, 0.15) is 0 Å².